The van der Waals surface area contributed by atoms with Crippen LogP contribution in [0.1, 0.15) is 16.7 Å². The van der Waals surface area contributed by atoms with Crippen LogP contribution in [0, 0.1) is 5.92 Å². The van der Waals surface area contributed by atoms with Gasteiger partial charge < -0.3 is 11.1 Å². The van der Waals surface area contributed by atoms with Gasteiger partial charge in [0.05, 0.1) is 5.56 Å². The molecule has 0 saturated carbocycles. The summed E-state index contributed by atoms with van der Waals surface area (Å²) in [5.74, 6) is 1.20. The normalized spacial score (nSPS) is 13.1. The van der Waals surface area contributed by atoms with Crippen molar-refractivity contribution in [1.29, 1.82) is 0 Å². The van der Waals surface area contributed by atoms with E-state index in [4.69, 9.17) is 10.7 Å². The molecule has 0 saturated heterocycles. The lowest BCUT2D eigenvalue weighted by Crippen LogP contribution is -2.30. The molecule has 0 fully saturated rings. The van der Waals surface area contributed by atoms with E-state index in [1.807, 2.05) is 65.2 Å². The fourth-order valence-corrected chi connectivity index (χ4v) is 4.78. The average molecular weight is 461 g/mol. The maximum atomic E-state index is 12.8. The molecule has 0 radical (unpaired) electrons. The molecule has 0 atom stereocenters. The van der Waals surface area contributed by atoms with Gasteiger partial charge in [-0.05, 0) is 65.9 Å². The summed E-state index contributed by atoms with van der Waals surface area (Å²) in [7, 11) is 0. The molecule has 7 heteroatoms. The SMILES string of the molecule is Nc1ncccc1-c1nc2cccnc2n1-c1ccc(CNC(=O)C2Cc3ccccc3C2)cc1. The monoisotopic (exact) mass is 460 g/mol. The number of nitrogens with one attached hydrogen (secondary N) is 1. The molecule has 0 aliphatic heterocycles. The van der Waals surface area contributed by atoms with E-state index in [2.05, 4.69) is 27.4 Å². The topological polar surface area (TPSA) is 98.7 Å². The molecule has 5 aromatic rings. The molecule has 172 valence electrons. The summed E-state index contributed by atoms with van der Waals surface area (Å²) in [6, 6.07) is 23.9. The standard InChI is InChI=1S/C28H24N6O/c29-25-23(7-3-13-30-25)26-33-24-8-4-14-31-27(24)34(26)22-11-9-18(10-12-22)17-32-28(35)21-15-19-5-1-2-6-20(19)16-21/h1-14,21H,15-17H2,(H2,29,30)(H,32,35). The third kappa shape index (κ3) is 3.91. The molecule has 1 amide bonds. The average Bonchev–Trinajstić information content (AvgIpc) is 3.50. The molecule has 3 aromatic heterocycles. The minimum Gasteiger partial charge on any atom is -0.383 e. The minimum atomic E-state index is 0.00237. The third-order valence-electron chi connectivity index (χ3n) is 6.58. The Morgan fingerprint density at radius 2 is 1.63 bits per heavy atom. The van der Waals surface area contributed by atoms with Gasteiger partial charge in [-0.15, -0.1) is 0 Å². The lowest BCUT2D eigenvalue weighted by atomic mass is 10.1. The van der Waals surface area contributed by atoms with Gasteiger partial charge in [-0.3, -0.25) is 9.36 Å². The van der Waals surface area contributed by atoms with Gasteiger partial charge in [0.25, 0.3) is 0 Å². The number of fused-ring (bicyclic) bond motifs is 2. The number of aromatic nitrogens is 4. The van der Waals surface area contributed by atoms with Crippen LogP contribution in [0.25, 0.3) is 28.2 Å². The number of benzene rings is 2. The summed E-state index contributed by atoms with van der Waals surface area (Å²) < 4.78 is 1.99. The number of imidazole rings is 1. The van der Waals surface area contributed by atoms with E-state index >= 15 is 0 Å². The first-order valence-corrected chi connectivity index (χ1v) is 11.7. The van der Waals surface area contributed by atoms with Crippen molar-refractivity contribution in [3.63, 3.8) is 0 Å². The zero-order chi connectivity index (χ0) is 23.8. The van der Waals surface area contributed by atoms with E-state index < -0.39 is 0 Å². The third-order valence-corrected chi connectivity index (χ3v) is 6.58. The maximum absolute atomic E-state index is 12.8. The summed E-state index contributed by atoms with van der Waals surface area (Å²) in [5.41, 5.74) is 12.9. The molecule has 0 unspecified atom stereocenters. The second-order valence-electron chi connectivity index (χ2n) is 8.81. The highest BCUT2D eigenvalue weighted by Crippen LogP contribution is 2.30. The van der Waals surface area contributed by atoms with Gasteiger partial charge in [0.15, 0.2) is 11.5 Å². The Morgan fingerprint density at radius 1 is 0.914 bits per heavy atom. The van der Waals surface area contributed by atoms with Gasteiger partial charge in [-0.25, -0.2) is 15.0 Å². The summed E-state index contributed by atoms with van der Waals surface area (Å²) >= 11 is 0. The molecule has 3 N–H and O–H groups in total. The Balaban J connectivity index is 1.23. The predicted molar refractivity (Wildman–Crippen MR) is 136 cm³/mol. The molecule has 35 heavy (non-hydrogen) atoms. The molecule has 3 heterocycles. The van der Waals surface area contributed by atoms with Crippen LogP contribution in [0.2, 0.25) is 0 Å². The highest BCUT2D eigenvalue weighted by Gasteiger charge is 2.26. The largest absolute Gasteiger partial charge is 0.383 e. The van der Waals surface area contributed by atoms with E-state index in [1.165, 1.54) is 11.1 Å². The van der Waals surface area contributed by atoms with Crippen molar-refractivity contribution in [3.8, 4) is 17.1 Å². The van der Waals surface area contributed by atoms with E-state index in [9.17, 15) is 4.79 Å². The van der Waals surface area contributed by atoms with Crippen molar-refractivity contribution in [2.45, 2.75) is 19.4 Å². The molecule has 6 rings (SSSR count). The molecule has 1 aliphatic rings. The number of nitrogens with two attached hydrogens (primary N) is 1. The Labute approximate surface area is 202 Å². The predicted octanol–water partition coefficient (Wildman–Crippen LogP) is 4.10. The van der Waals surface area contributed by atoms with Crippen LogP contribution < -0.4 is 11.1 Å². The lowest BCUT2D eigenvalue weighted by Gasteiger charge is -2.12. The van der Waals surface area contributed by atoms with E-state index in [-0.39, 0.29) is 11.8 Å². The van der Waals surface area contributed by atoms with Crippen molar-refractivity contribution in [1.82, 2.24) is 24.8 Å². The number of nitrogen functional groups attached to an aromatic ring is 1. The van der Waals surface area contributed by atoms with Gasteiger partial charge in [-0.1, -0.05) is 36.4 Å². The number of hydrogen-bond acceptors (Lipinski definition) is 5. The molecular weight excluding hydrogens is 436 g/mol. The number of rotatable bonds is 5. The molecule has 7 nitrogen and oxygen atoms in total. The Kier molecular flexibility index (Phi) is 5.22. The van der Waals surface area contributed by atoms with Crippen molar-refractivity contribution in [2.75, 3.05) is 5.73 Å². The van der Waals surface area contributed by atoms with E-state index in [1.54, 1.807) is 12.4 Å². The first-order valence-electron chi connectivity index (χ1n) is 11.7. The zero-order valence-electron chi connectivity index (χ0n) is 19.1. The second-order valence-corrected chi connectivity index (χ2v) is 8.81. The van der Waals surface area contributed by atoms with Crippen molar-refractivity contribution in [3.05, 3.63) is 102 Å². The molecule has 0 spiro atoms. The van der Waals surface area contributed by atoms with Crippen LogP contribution in [0.3, 0.4) is 0 Å². The van der Waals surface area contributed by atoms with Crippen molar-refractivity contribution >= 4 is 22.9 Å². The van der Waals surface area contributed by atoms with Crippen LogP contribution in [0.5, 0.6) is 0 Å². The van der Waals surface area contributed by atoms with Crippen LogP contribution in [0.4, 0.5) is 5.82 Å². The summed E-state index contributed by atoms with van der Waals surface area (Å²) in [4.78, 5) is 26.3. The van der Waals surface area contributed by atoms with Crippen LogP contribution in [-0.2, 0) is 24.2 Å². The first kappa shape index (κ1) is 21.0. The highest BCUT2D eigenvalue weighted by atomic mass is 16.1. The highest BCUT2D eigenvalue weighted by molar-refractivity contribution is 5.83. The van der Waals surface area contributed by atoms with E-state index in [0.29, 0.717) is 18.2 Å². The summed E-state index contributed by atoms with van der Waals surface area (Å²) in [6.45, 7) is 0.483. The van der Waals surface area contributed by atoms with Crippen molar-refractivity contribution < 1.29 is 4.79 Å². The Morgan fingerprint density at radius 3 is 2.37 bits per heavy atom. The molecule has 0 bridgehead atoms. The van der Waals surface area contributed by atoms with Crippen LogP contribution in [-0.4, -0.2) is 25.4 Å². The summed E-state index contributed by atoms with van der Waals surface area (Å²) in [6.07, 6.45) is 5.03. The van der Waals surface area contributed by atoms with Gasteiger partial charge in [0.1, 0.15) is 11.3 Å². The van der Waals surface area contributed by atoms with Gasteiger partial charge in [0.2, 0.25) is 5.91 Å². The number of anilines is 1. The minimum absolute atomic E-state index is 0.00237. The maximum Gasteiger partial charge on any atom is 0.224 e. The summed E-state index contributed by atoms with van der Waals surface area (Å²) in [5, 5.41) is 3.11. The van der Waals surface area contributed by atoms with Gasteiger partial charge in [-0.2, -0.15) is 0 Å². The number of pyridine rings is 2. The zero-order valence-corrected chi connectivity index (χ0v) is 19.1. The van der Waals surface area contributed by atoms with Crippen LogP contribution >= 0.6 is 0 Å². The fourth-order valence-electron chi connectivity index (χ4n) is 4.78. The van der Waals surface area contributed by atoms with Gasteiger partial charge in [0, 0.05) is 30.5 Å². The smallest absolute Gasteiger partial charge is 0.224 e. The number of carbonyl (C=O) groups excluding carboxylic acids is 1. The Bertz CT molecular complexity index is 1510. The number of carbonyl (C=O) groups is 1. The second kappa shape index (κ2) is 8.68. The number of hydrogen-bond donors (Lipinski definition) is 2. The molecule has 2 aromatic carbocycles. The van der Waals surface area contributed by atoms with Crippen molar-refractivity contribution in [2.24, 2.45) is 5.92 Å². The molecule has 1 aliphatic carbocycles. The first-order chi connectivity index (χ1) is 17.2. The fraction of sp³-hybridized carbons (Fsp3) is 0.143. The Hall–Kier alpha value is -4.52. The number of amides is 1. The number of nitrogens with zero attached hydrogens (tertiary/aromatic N) is 4. The van der Waals surface area contributed by atoms with Crippen LogP contribution in [0.15, 0.2) is 85.2 Å². The van der Waals surface area contributed by atoms with Gasteiger partial charge >= 0.3 is 0 Å². The quantitative estimate of drug-likeness (QED) is 0.412. The lowest BCUT2D eigenvalue weighted by molar-refractivity contribution is -0.124. The van der Waals surface area contributed by atoms with E-state index in [0.717, 1.165) is 40.8 Å². The molecular formula is C28H24N6O.